The van der Waals surface area contributed by atoms with Crippen molar-refractivity contribution in [3.8, 4) is 5.75 Å². The normalized spacial score (nSPS) is 18.1. The number of anilines is 1. The van der Waals surface area contributed by atoms with Crippen LogP contribution in [0.2, 0.25) is 0 Å². The van der Waals surface area contributed by atoms with Crippen molar-refractivity contribution in [3.05, 3.63) is 24.3 Å². The lowest BCUT2D eigenvalue weighted by Gasteiger charge is -2.19. The molecule has 20 heavy (non-hydrogen) atoms. The van der Waals surface area contributed by atoms with Crippen LogP contribution in [-0.4, -0.2) is 32.3 Å². The molecule has 4 nitrogen and oxygen atoms in total. The van der Waals surface area contributed by atoms with Crippen LogP contribution in [0.5, 0.6) is 5.75 Å². The number of nitrogens with zero attached hydrogens (tertiary/aromatic N) is 1. The van der Waals surface area contributed by atoms with Crippen molar-refractivity contribution in [3.63, 3.8) is 0 Å². The summed E-state index contributed by atoms with van der Waals surface area (Å²) in [6, 6.07) is 8.16. The molecule has 1 unspecified atom stereocenters. The first-order valence-electron chi connectivity index (χ1n) is 7.36. The quantitative estimate of drug-likeness (QED) is 0.749. The van der Waals surface area contributed by atoms with Gasteiger partial charge in [-0.05, 0) is 50.5 Å². The molecule has 1 aliphatic heterocycles. The van der Waals surface area contributed by atoms with E-state index in [0.717, 1.165) is 25.3 Å². The molecular weight excluding hydrogens is 254 g/mol. The van der Waals surface area contributed by atoms with Crippen LogP contribution >= 0.6 is 0 Å². The summed E-state index contributed by atoms with van der Waals surface area (Å²) in [5, 5.41) is 0. The molecule has 0 aliphatic carbocycles. The average Bonchev–Trinajstić information content (AvgIpc) is 2.88. The summed E-state index contributed by atoms with van der Waals surface area (Å²) in [4.78, 5) is 13.8. The molecule has 4 heteroatoms. The highest BCUT2D eigenvalue weighted by molar-refractivity contribution is 5.70. The van der Waals surface area contributed by atoms with Crippen LogP contribution in [0, 0.1) is 5.92 Å². The predicted octanol–water partition coefficient (Wildman–Crippen LogP) is 2.86. The van der Waals surface area contributed by atoms with Crippen LogP contribution in [0.4, 0.5) is 5.69 Å². The van der Waals surface area contributed by atoms with Crippen LogP contribution in [0.25, 0.3) is 0 Å². The van der Waals surface area contributed by atoms with Crippen molar-refractivity contribution < 1.29 is 14.3 Å². The molecule has 0 bridgehead atoms. The second kappa shape index (κ2) is 7.17. The zero-order valence-electron chi connectivity index (χ0n) is 12.3. The zero-order chi connectivity index (χ0) is 14.4. The third kappa shape index (κ3) is 3.89. The highest BCUT2D eigenvalue weighted by Crippen LogP contribution is 2.27. The Labute approximate surface area is 120 Å². The Morgan fingerprint density at radius 3 is 2.65 bits per heavy atom. The fraction of sp³-hybridized carbons (Fsp3) is 0.562. The van der Waals surface area contributed by atoms with E-state index in [4.69, 9.17) is 9.47 Å². The molecule has 0 aromatic heterocycles. The number of hydrogen-bond donors (Lipinski definition) is 0. The van der Waals surface area contributed by atoms with Crippen molar-refractivity contribution in [2.24, 2.45) is 5.92 Å². The van der Waals surface area contributed by atoms with Crippen LogP contribution in [0.1, 0.15) is 26.7 Å². The fourth-order valence-corrected chi connectivity index (χ4v) is 2.61. The van der Waals surface area contributed by atoms with Gasteiger partial charge in [-0.25, -0.2) is 0 Å². The fourth-order valence-electron chi connectivity index (χ4n) is 2.61. The predicted molar refractivity (Wildman–Crippen MR) is 79.2 cm³/mol. The highest BCUT2D eigenvalue weighted by Gasteiger charge is 2.25. The van der Waals surface area contributed by atoms with Crippen molar-refractivity contribution in [1.29, 1.82) is 0 Å². The smallest absolute Gasteiger partial charge is 0.306 e. The van der Waals surface area contributed by atoms with Crippen molar-refractivity contribution in [1.82, 2.24) is 0 Å². The first-order chi connectivity index (χ1) is 9.72. The third-order valence-corrected chi connectivity index (χ3v) is 3.56. The second-order valence-electron chi connectivity index (χ2n) is 5.04. The molecule has 0 amide bonds. The Hall–Kier alpha value is -1.71. The molecular formula is C16H23NO3. The maximum Gasteiger partial charge on any atom is 0.306 e. The minimum absolute atomic E-state index is 0.0777. The SMILES string of the molecule is CCOC(=O)CC1CCN(c2ccc(OCC)cc2)C1. The summed E-state index contributed by atoms with van der Waals surface area (Å²) in [5.74, 6) is 1.23. The van der Waals surface area contributed by atoms with Gasteiger partial charge in [0.2, 0.25) is 0 Å². The Bertz CT molecular complexity index is 430. The monoisotopic (exact) mass is 277 g/mol. The molecule has 2 rings (SSSR count). The van der Waals surface area contributed by atoms with Gasteiger partial charge in [-0.15, -0.1) is 0 Å². The minimum atomic E-state index is -0.0777. The Balaban J connectivity index is 1.87. The standard InChI is InChI=1S/C16H23NO3/c1-3-19-15-7-5-14(6-8-15)17-10-9-13(12-17)11-16(18)20-4-2/h5-8,13H,3-4,9-12H2,1-2H3. The molecule has 0 N–H and O–H groups in total. The molecule has 0 radical (unpaired) electrons. The van der Waals surface area contributed by atoms with Gasteiger partial charge in [0.05, 0.1) is 19.6 Å². The van der Waals surface area contributed by atoms with Gasteiger partial charge in [-0.3, -0.25) is 4.79 Å². The molecule has 1 fully saturated rings. The maximum absolute atomic E-state index is 11.5. The van der Waals surface area contributed by atoms with Crippen LogP contribution in [0.3, 0.4) is 0 Å². The van der Waals surface area contributed by atoms with Gasteiger partial charge in [-0.2, -0.15) is 0 Å². The molecule has 0 saturated carbocycles. The van der Waals surface area contributed by atoms with Crippen LogP contribution in [-0.2, 0) is 9.53 Å². The first-order valence-corrected chi connectivity index (χ1v) is 7.36. The van der Waals surface area contributed by atoms with Crippen molar-refractivity contribution in [2.75, 3.05) is 31.2 Å². The molecule has 0 spiro atoms. The summed E-state index contributed by atoms with van der Waals surface area (Å²) in [5.41, 5.74) is 1.19. The highest BCUT2D eigenvalue weighted by atomic mass is 16.5. The van der Waals surface area contributed by atoms with Crippen LogP contribution in [0.15, 0.2) is 24.3 Å². The Morgan fingerprint density at radius 2 is 2.00 bits per heavy atom. The van der Waals surface area contributed by atoms with Crippen molar-refractivity contribution in [2.45, 2.75) is 26.7 Å². The number of rotatable bonds is 6. The molecule has 1 saturated heterocycles. The lowest BCUT2D eigenvalue weighted by Crippen LogP contribution is -2.20. The number of carbonyl (C=O) groups excluding carboxylic acids is 1. The topological polar surface area (TPSA) is 38.8 Å². The van der Waals surface area contributed by atoms with E-state index < -0.39 is 0 Å². The van der Waals surface area contributed by atoms with E-state index in [9.17, 15) is 4.79 Å². The zero-order valence-corrected chi connectivity index (χ0v) is 12.3. The number of ether oxygens (including phenoxy) is 2. The van der Waals surface area contributed by atoms with Gasteiger partial charge in [0.1, 0.15) is 5.75 Å². The third-order valence-electron chi connectivity index (χ3n) is 3.56. The number of carbonyl (C=O) groups is 1. The summed E-state index contributed by atoms with van der Waals surface area (Å²) < 4.78 is 10.5. The number of esters is 1. The summed E-state index contributed by atoms with van der Waals surface area (Å²) in [6.07, 6.45) is 1.58. The van der Waals surface area contributed by atoms with Gasteiger partial charge in [0.15, 0.2) is 0 Å². The lowest BCUT2D eigenvalue weighted by atomic mass is 10.1. The largest absolute Gasteiger partial charge is 0.494 e. The Kier molecular flexibility index (Phi) is 5.27. The molecule has 1 atom stereocenters. The van der Waals surface area contributed by atoms with E-state index in [1.807, 2.05) is 26.0 Å². The molecule has 1 aromatic carbocycles. The Morgan fingerprint density at radius 1 is 1.25 bits per heavy atom. The summed E-state index contributed by atoms with van der Waals surface area (Å²) >= 11 is 0. The van der Waals surface area contributed by atoms with E-state index in [-0.39, 0.29) is 5.97 Å². The van der Waals surface area contributed by atoms with Gasteiger partial charge < -0.3 is 14.4 Å². The summed E-state index contributed by atoms with van der Waals surface area (Å²) in [6.45, 7) is 6.90. The van der Waals surface area contributed by atoms with E-state index in [1.165, 1.54) is 5.69 Å². The molecule has 1 heterocycles. The van der Waals surface area contributed by atoms with Gasteiger partial charge in [0, 0.05) is 18.8 Å². The van der Waals surface area contributed by atoms with Gasteiger partial charge in [-0.1, -0.05) is 0 Å². The summed E-state index contributed by atoms with van der Waals surface area (Å²) in [7, 11) is 0. The van der Waals surface area contributed by atoms with E-state index in [0.29, 0.717) is 25.6 Å². The molecule has 1 aromatic rings. The lowest BCUT2D eigenvalue weighted by molar-refractivity contribution is -0.144. The second-order valence-corrected chi connectivity index (χ2v) is 5.04. The van der Waals surface area contributed by atoms with E-state index in [2.05, 4.69) is 17.0 Å². The number of hydrogen-bond acceptors (Lipinski definition) is 4. The van der Waals surface area contributed by atoms with E-state index >= 15 is 0 Å². The number of benzene rings is 1. The first kappa shape index (κ1) is 14.7. The molecule has 1 aliphatic rings. The van der Waals surface area contributed by atoms with Gasteiger partial charge >= 0.3 is 5.97 Å². The molecule has 110 valence electrons. The van der Waals surface area contributed by atoms with E-state index in [1.54, 1.807) is 0 Å². The maximum atomic E-state index is 11.5. The average molecular weight is 277 g/mol. The minimum Gasteiger partial charge on any atom is -0.494 e. The van der Waals surface area contributed by atoms with Crippen molar-refractivity contribution >= 4 is 11.7 Å². The van der Waals surface area contributed by atoms with Crippen LogP contribution < -0.4 is 9.64 Å². The van der Waals surface area contributed by atoms with Gasteiger partial charge in [0.25, 0.3) is 0 Å².